The Labute approximate surface area is 117 Å². The molecule has 0 fully saturated rings. The Morgan fingerprint density at radius 3 is 2.20 bits per heavy atom. The highest BCUT2D eigenvalue weighted by molar-refractivity contribution is 7.85. The maximum absolute atomic E-state index is 11.1. The van der Waals surface area contributed by atoms with Gasteiger partial charge in [-0.2, -0.15) is 8.42 Å². The predicted octanol–water partition coefficient (Wildman–Crippen LogP) is 0.0672. The largest absolute Gasteiger partial charge is 0.726 e. The Morgan fingerprint density at radius 1 is 1.40 bits per heavy atom. The molecule has 0 amide bonds. The van der Waals surface area contributed by atoms with Crippen LogP contribution in [0, 0.1) is 0 Å². The standard InChI is InChI=1S/C9H14N2O3S.H2O4S/c1-3-5-9(15(12,13)14)11-7-6-10(4-2)8-11;1-5(2,3)4/h4,6-9H,2-3,5H2,1H3;(H2,1,2,3,4). The molecule has 1 atom stereocenters. The lowest BCUT2D eigenvalue weighted by Gasteiger charge is -2.08. The molecule has 0 saturated heterocycles. The topological polar surface area (TPSA) is 141 Å². The average Bonchev–Trinajstić information content (AvgIpc) is 2.70. The molecule has 0 bridgehead atoms. The molecule has 1 aromatic heterocycles. The average molecular weight is 328 g/mol. The van der Waals surface area contributed by atoms with Crippen molar-refractivity contribution in [1.82, 2.24) is 4.57 Å². The molecule has 1 aromatic rings. The molecule has 20 heavy (non-hydrogen) atoms. The summed E-state index contributed by atoms with van der Waals surface area (Å²) in [7, 11) is -8.98. The second-order valence-corrected chi connectivity index (χ2v) is 6.11. The monoisotopic (exact) mass is 328 g/mol. The van der Waals surface area contributed by atoms with Crippen LogP contribution in [0.1, 0.15) is 25.1 Å². The zero-order valence-corrected chi connectivity index (χ0v) is 12.3. The van der Waals surface area contributed by atoms with Crippen LogP contribution in [-0.4, -0.2) is 35.1 Å². The van der Waals surface area contributed by atoms with Crippen molar-refractivity contribution >= 4 is 26.7 Å². The van der Waals surface area contributed by atoms with E-state index in [2.05, 4.69) is 6.58 Å². The van der Waals surface area contributed by atoms with E-state index in [0.717, 1.165) is 0 Å². The van der Waals surface area contributed by atoms with Crippen molar-refractivity contribution in [3.05, 3.63) is 25.3 Å². The van der Waals surface area contributed by atoms with Crippen LogP contribution < -0.4 is 4.57 Å². The van der Waals surface area contributed by atoms with Gasteiger partial charge >= 0.3 is 10.1 Å². The van der Waals surface area contributed by atoms with Gasteiger partial charge in [-0.3, -0.25) is 9.11 Å². The molecule has 0 aliphatic heterocycles. The van der Waals surface area contributed by atoms with E-state index in [0.29, 0.717) is 12.8 Å². The van der Waals surface area contributed by atoms with Crippen molar-refractivity contribution in [3.63, 3.8) is 0 Å². The summed E-state index contributed by atoms with van der Waals surface area (Å²) in [5, 5.41) is -0.913. The highest BCUT2D eigenvalue weighted by Gasteiger charge is 2.28. The predicted molar refractivity (Wildman–Crippen MR) is 68.8 cm³/mol. The first-order chi connectivity index (χ1) is 8.99. The minimum atomic E-state index is -4.92. The smallest absolute Gasteiger partial charge is 0.307 e. The molecule has 11 heteroatoms. The molecule has 0 aliphatic carbocycles. The van der Waals surface area contributed by atoms with E-state index in [9.17, 15) is 8.42 Å². The summed E-state index contributed by atoms with van der Waals surface area (Å²) in [6, 6.07) is 0. The van der Waals surface area contributed by atoms with Crippen LogP contribution in [0.4, 0.5) is 0 Å². The third kappa shape index (κ3) is 8.01. The van der Waals surface area contributed by atoms with Gasteiger partial charge in [0, 0.05) is 6.42 Å². The molecule has 1 heterocycles. The summed E-state index contributed by atoms with van der Waals surface area (Å²) in [6.07, 6.45) is 7.43. The number of nitrogens with zero attached hydrogens (tertiary/aromatic N) is 2. The fourth-order valence-electron chi connectivity index (χ4n) is 1.36. The Morgan fingerprint density at radius 2 is 1.90 bits per heavy atom. The van der Waals surface area contributed by atoms with Crippen molar-refractivity contribution in [2.24, 2.45) is 0 Å². The third-order valence-electron chi connectivity index (χ3n) is 2.10. The van der Waals surface area contributed by atoms with E-state index < -0.39 is 25.9 Å². The van der Waals surface area contributed by atoms with Crippen molar-refractivity contribution in [2.45, 2.75) is 25.1 Å². The zero-order valence-electron chi connectivity index (χ0n) is 10.7. The fraction of sp³-hybridized carbons (Fsp3) is 0.444. The van der Waals surface area contributed by atoms with Crippen molar-refractivity contribution < 1.29 is 35.1 Å². The fourth-order valence-corrected chi connectivity index (χ4v) is 2.33. The highest BCUT2D eigenvalue weighted by atomic mass is 32.3. The molecular formula is C9H16N2O7S2. The molecule has 0 aliphatic rings. The van der Waals surface area contributed by atoms with Gasteiger partial charge < -0.3 is 4.55 Å². The van der Waals surface area contributed by atoms with Crippen LogP contribution >= 0.6 is 0 Å². The van der Waals surface area contributed by atoms with Gasteiger partial charge in [-0.25, -0.2) is 17.6 Å². The Kier molecular flexibility index (Phi) is 7.02. The lowest BCUT2D eigenvalue weighted by Crippen LogP contribution is -2.42. The number of rotatable bonds is 5. The van der Waals surface area contributed by atoms with Gasteiger partial charge in [0.2, 0.25) is 22.1 Å². The third-order valence-corrected chi connectivity index (χ3v) is 3.27. The molecule has 1 rings (SSSR count). The lowest BCUT2D eigenvalue weighted by atomic mass is 10.3. The molecular weight excluding hydrogens is 312 g/mol. The van der Waals surface area contributed by atoms with Gasteiger partial charge in [0.15, 0.2) is 0 Å². The summed E-state index contributed by atoms with van der Waals surface area (Å²) in [5.74, 6) is 0. The SMILES string of the molecule is C=Cn1cc[n+](C(CCC)S(=O)(=O)O)c1.O=S(=O)([O-])O. The van der Waals surface area contributed by atoms with Gasteiger partial charge in [-0.05, 0) is 0 Å². The molecule has 116 valence electrons. The van der Waals surface area contributed by atoms with Gasteiger partial charge in [0.1, 0.15) is 12.4 Å². The summed E-state index contributed by atoms with van der Waals surface area (Å²) in [4.78, 5) is 0. The number of aromatic nitrogens is 2. The van der Waals surface area contributed by atoms with Crippen LogP contribution in [-0.2, 0) is 20.5 Å². The van der Waals surface area contributed by atoms with E-state index in [1.165, 1.54) is 4.57 Å². The number of hydrogen-bond acceptors (Lipinski definition) is 5. The molecule has 9 nitrogen and oxygen atoms in total. The molecule has 1 unspecified atom stereocenters. The highest BCUT2D eigenvalue weighted by Crippen LogP contribution is 2.12. The molecule has 0 spiro atoms. The van der Waals surface area contributed by atoms with E-state index in [-0.39, 0.29) is 0 Å². The number of hydrogen-bond donors (Lipinski definition) is 2. The Bertz CT molecular complexity index is 625. The zero-order chi connectivity index (χ0) is 16.0. The summed E-state index contributed by atoms with van der Waals surface area (Å²) in [6.45, 7) is 5.41. The number of imidazole rings is 1. The van der Waals surface area contributed by atoms with Crippen LogP contribution in [0.15, 0.2) is 25.3 Å². The minimum absolute atomic E-state index is 0.380. The van der Waals surface area contributed by atoms with Gasteiger partial charge in [0.05, 0.1) is 6.20 Å². The van der Waals surface area contributed by atoms with Crippen LogP contribution in [0.25, 0.3) is 6.20 Å². The van der Waals surface area contributed by atoms with Crippen LogP contribution in [0.5, 0.6) is 0 Å². The maximum atomic E-state index is 11.1. The van der Waals surface area contributed by atoms with Gasteiger partial charge in [-0.15, -0.1) is 0 Å². The van der Waals surface area contributed by atoms with Gasteiger partial charge in [0.25, 0.3) is 0 Å². The maximum Gasteiger partial charge on any atom is 0.307 e. The van der Waals surface area contributed by atoms with E-state index >= 15 is 0 Å². The molecule has 0 saturated carbocycles. The molecule has 0 radical (unpaired) electrons. The normalized spacial score (nSPS) is 13.2. The van der Waals surface area contributed by atoms with E-state index in [4.69, 9.17) is 22.1 Å². The molecule has 2 N–H and O–H groups in total. The minimum Gasteiger partial charge on any atom is -0.726 e. The Balaban J connectivity index is 0.000000621. The Hall–Kier alpha value is -1.27. The summed E-state index contributed by atoms with van der Waals surface area (Å²) < 4.78 is 67.2. The quantitative estimate of drug-likeness (QED) is 0.442. The second kappa shape index (κ2) is 7.50. The first-order valence-corrected chi connectivity index (χ1v) is 8.21. The second-order valence-electron chi connectivity index (χ2n) is 3.68. The lowest BCUT2D eigenvalue weighted by molar-refractivity contribution is -0.702. The summed E-state index contributed by atoms with van der Waals surface area (Å²) in [5.41, 5.74) is 0. The first-order valence-electron chi connectivity index (χ1n) is 5.34. The van der Waals surface area contributed by atoms with Crippen LogP contribution in [0.3, 0.4) is 0 Å². The van der Waals surface area contributed by atoms with Crippen molar-refractivity contribution in [1.29, 1.82) is 0 Å². The van der Waals surface area contributed by atoms with Crippen molar-refractivity contribution in [2.75, 3.05) is 0 Å². The summed E-state index contributed by atoms with van der Waals surface area (Å²) >= 11 is 0. The van der Waals surface area contributed by atoms with E-state index in [1.54, 1.807) is 29.5 Å². The van der Waals surface area contributed by atoms with Crippen molar-refractivity contribution in [3.8, 4) is 0 Å². The van der Waals surface area contributed by atoms with Crippen LogP contribution in [0.2, 0.25) is 0 Å². The van der Waals surface area contributed by atoms with Gasteiger partial charge in [-0.1, -0.05) is 19.9 Å². The van der Waals surface area contributed by atoms with E-state index in [1.807, 2.05) is 6.92 Å². The first kappa shape index (κ1) is 18.7. The molecule has 0 aromatic carbocycles.